The molecule has 1 unspecified atom stereocenters. The van der Waals surface area contributed by atoms with E-state index in [1.54, 1.807) is 32.1 Å². The van der Waals surface area contributed by atoms with E-state index in [1.165, 1.54) is 23.0 Å². The molecule has 3 rings (SSSR count). The van der Waals surface area contributed by atoms with Crippen LogP contribution in [0.25, 0.3) is 11.3 Å². The number of carbonyl (C=O) groups is 2. The Labute approximate surface area is 259 Å². The lowest BCUT2D eigenvalue weighted by Gasteiger charge is -2.28. The van der Waals surface area contributed by atoms with Gasteiger partial charge in [-0.25, -0.2) is 14.6 Å². The molecule has 0 aliphatic heterocycles. The minimum atomic E-state index is -1.09. The molecule has 3 aromatic rings. The molecule has 0 aliphatic carbocycles. The lowest BCUT2D eigenvalue weighted by Crippen LogP contribution is -2.44. The van der Waals surface area contributed by atoms with Crippen molar-refractivity contribution >= 4 is 40.8 Å². The molecule has 42 heavy (non-hydrogen) atoms. The monoisotopic (exact) mass is 611 g/mol. The molecule has 0 saturated carbocycles. The van der Waals surface area contributed by atoms with Crippen LogP contribution >= 0.6 is 23.1 Å². The number of ether oxygens (including phenoxy) is 1. The van der Waals surface area contributed by atoms with Gasteiger partial charge in [-0.2, -0.15) is 11.8 Å². The van der Waals surface area contributed by atoms with E-state index in [2.05, 4.69) is 79.7 Å². The van der Waals surface area contributed by atoms with Crippen LogP contribution in [0.2, 0.25) is 0 Å². The standard InChI is InChI=1S/C33H45N3O4S2/c1-8-24(9-2)25-14-16-27(17-15-25)36(22(3)4)18-30-34-28(21-42-30)26-12-10-23(11-13-26)19-41-20-29(31(37)38)35-32(39)40-33(5,6)7/h10-17,21-22,24,29H,8-9,18-20H2,1-7H3,(H,35,39)(H,37,38). The van der Waals surface area contributed by atoms with Gasteiger partial charge in [0.15, 0.2) is 0 Å². The Kier molecular flexibility index (Phi) is 12.3. The molecule has 0 bridgehead atoms. The lowest BCUT2D eigenvalue weighted by atomic mass is 9.94. The molecule has 0 saturated heterocycles. The Hall–Kier alpha value is -3.04. The molecule has 1 atom stereocenters. The Morgan fingerprint density at radius 2 is 1.69 bits per heavy atom. The number of carbonyl (C=O) groups excluding carboxylic acids is 1. The first-order valence-electron chi connectivity index (χ1n) is 14.6. The maximum atomic E-state index is 12.0. The summed E-state index contributed by atoms with van der Waals surface area (Å²) >= 11 is 3.13. The third-order valence-electron chi connectivity index (χ3n) is 6.95. The van der Waals surface area contributed by atoms with Crippen LogP contribution in [0.3, 0.4) is 0 Å². The van der Waals surface area contributed by atoms with Gasteiger partial charge in [0.05, 0.1) is 12.2 Å². The number of nitrogens with zero attached hydrogens (tertiary/aromatic N) is 2. The highest BCUT2D eigenvalue weighted by atomic mass is 32.2. The molecular formula is C33H45N3O4S2. The first-order chi connectivity index (χ1) is 19.9. The number of rotatable bonds is 14. The van der Waals surface area contributed by atoms with E-state index in [0.29, 0.717) is 17.7 Å². The number of alkyl carbamates (subject to hydrolysis) is 1. The number of carboxylic acid groups (broad SMARTS) is 1. The van der Waals surface area contributed by atoms with E-state index in [0.717, 1.165) is 41.2 Å². The molecule has 1 heterocycles. The largest absolute Gasteiger partial charge is 0.480 e. The van der Waals surface area contributed by atoms with Gasteiger partial charge in [-0.05, 0) is 76.6 Å². The highest BCUT2D eigenvalue weighted by Gasteiger charge is 2.24. The van der Waals surface area contributed by atoms with E-state index in [-0.39, 0.29) is 5.75 Å². The van der Waals surface area contributed by atoms with Crippen molar-refractivity contribution in [3.8, 4) is 11.3 Å². The fraction of sp³-hybridized carbons (Fsp3) is 0.485. The molecular weight excluding hydrogens is 567 g/mol. The second-order valence-electron chi connectivity index (χ2n) is 11.7. The van der Waals surface area contributed by atoms with Crippen molar-refractivity contribution in [2.24, 2.45) is 0 Å². The summed E-state index contributed by atoms with van der Waals surface area (Å²) in [6.07, 6.45) is 1.59. The molecule has 2 N–H and O–H groups in total. The third kappa shape index (κ3) is 10.1. The molecule has 228 valence electrons. The van der Waals surface area contributed by atoms with Gasteiger partial charge < -0.3 is 20.1 Å². The first-order valence-corrected chi connectivity index (χ1v) is 16.6. The van der Waals surface area contributed by atoms with Crippen LogP contribution < -0.4 is 10.2 Å². The van der Waals surface area contributed by atoms with Gasteiger partial charge >= 0.3 is 12.1 Å². The average molecular weight is 612 g/mol. The molecule has 2 aromatic carbocycles. The molecule has 1 amide bonds. The van der Waals surface area contributed by atoms with Gasteiger partial charge in [0, 0.05) is 34.2 Å². The molecule has 9 heteroatoms. The van der Waals surface area contributed by atoms with Gasteiger partial charge in [0.1, 0.15) is 16.7 Å². The number of amides is 1. The fourth-order valence-corrected chi connectivity index (χ4v) is 6.43. The normalized spacial score (nSPS) is 12.4. The number of thioether (sulfide) groups is 1. The Balaban J connectivity index is 1.58. The zero-order chi connectivity index (χ0) is 30.9. The summed E-state index contributed by atoms with van der Waals surface area (Å²) in [6.45, 7) is 14.9. The highest BCUT2D eigenvalue weighted by Crippen LogP contribution is 2.29. The highest BCUT2D eigenvalue weighted by molar-refractivity contribution is 7.98. The van der Waals surface area contributed by atoms with Gasteiger partial charge in [0.2, 0.25) is 0 Å². The fourth-order valence-electron chi connectivity index (χ4n) is 4.62. The summed E-state index contributed by atoms with van der Waals surface area (Å²) in [5.41, 5.74) is 5.01. The van der Waals surface area contributed by atoms with Crippen LogP contribution in [-0.2, 0) is 21.8 Å². The maximum Gasteiger partial charge on any atom is 0.408 e. The van der Waals surface area contributed by atoms with Crippen molar-refractivity contribution in [3.05, 3.63) is 70.0 Å². The van der Waals surface area contributed by atoms with E-state index in [4.69, 9.17) is 9.72 Å². The quantitative estimate of drug-likeness (QED) is 0.189. The summed E-state index contributed by atoms with van der Waals surface area (Å²) in [5.74, 6) is 0.388. The molecule has 0 fully saturated rings. The number of carboxylic acids is 1. The zero-order valence-electron chi connectivity index (χ0n) is 25.8. The van der Waals surface area contributed by atoms with Gasteiger partial charge in [0.25, 0.3) is 0 Å². The third-order valence-corrected chi connectivity index (χ3v) is 8.89. The minimum Gasteiger partial charge on any atom is -0.480 e. The van der Waals surface area contributed by atoms with Gasteiger partial charge in [-0.3, -0.25) is 0 Å². The maximum absolute atomic E-state index is 12.0. The topological polar surface area (TPSA) is 91.8 Å². The Morgan fingerprint density at radius 1 is 1.05 bits per heavy atom. The van der Waals surface area contributed by atoms with E-state index < -0.39 is 23.7 Å². The second kappa shape index (κ2) is 15.4. The van der Waals surface area contributed by atoms with E-state index >= 15 is 0 Å². The molecule has 0 spiro atoms. The van der Waals surface area contributed by atoms with E-state index in [1.807, 2.05) is 12.1 Å². The summed E-state index contributed by atoms with van der Waals surface area (Å²) in [4.78, 5) is 30.9. The predicted molar refractivity (Wildman–Crippen MR) is 176 cm³/mol. The Bertz CT molecular complexity index is 1280. The first kappa shape index (κ1) is 33.5. The van der Waals surface area contributed by atoms with Crippen LogP contribution in [0.15, 0.2) is 53.9 Å². The smallest absolute Gasteiger partial charge is 0.408 e. The summed E-state index contributed by atoms with van der Waals surface area (Å²) in [7, 11) is 0. The van der Waals surface area contributed by atoms with Crippen molar-refractivity contribution in [2.45, 2.75) is 97.2 Å². The van der Waals surface area contributed by atoms with Gasteiger partial charge in [-0.15, -0.1) is 11.3 Å². The number of hydrogen-bond donors (Lipinski definition) is 2. The van der Waals surface area contributed by atoms with Crippen molar-refractivity contribution in [2.75, 3.05) is 10.7 Å². The lowest BCUT2D eigenvalue weighted by molar-refractivity contribution is -0.138. The number of nitrogens with one attached hydrogen (secondary N) is 1. The van der Waals surface area contributed by atoms with Crippen LogP contribution in [0, 0.1) is 0 Å². The molecule has 1 aromatic heterocycles. The zero-order valence-corrected chi connectivity index (χ0v) is 27.5. The minimum absolute atomic E-state index is 0.235. The van der Waals surface area contributed by atoms with Crippen LogP contribution in [0.4, 0.5) is 10.5 Å². The molecule has 7 nitrogen and oxygen atoms in total. The average Bonchev–Trinajstić information content (AvgIpc) is 3.40. The molecule has 0 radical (unpaired) electrons. The SMILES string of the molecule is CCC(CC)c1ccc(N(Cc2nc(-c3ccc(CSCC(NC(=O)OC(C)(C)C)C(=O)O)cc3)cs2)C(C)C)cc1. The van der Waals surface area contributed by atoms with Crippen LogP contribution in [-0.4, -0.2) is 45.6 Å². The number of hydrogen-bond acceptors (Lipinski definition) is 7. The van der Waals surface area contributed by atoms with Crippen LogP contribution in [0.5, 0.6) is 0 Å². The number of benzene rings is 2. The van der Waals surface area contributed by atoms with E-state index in [9.17, 15) is 14.7 Å². The van der Waals surface area contributed by atoms with Crippen molar-refractivity contribution in [1.29, 1.82) is 0 Å². The van der Waals surface area contributed by atoms with Crippen molar-refractivity contribution < 1.29 is 19.4 Å². The van der Waals surface area contributed by atoms with Crippen LogP contribution in [0.1, 0.15) is 83.4 Å². The number of anilines is 1. The summed E-state index contributed by atoms with van der Waals surface area (Å²) in [6, 6.07) is 16.5. The number of aromatic nitrogens is 1. The van der Waals surface area contributed by atoms with Crippen molar-refractivity contribution in [3.63, 3.8) is 0 Å². The number of thiazole rings is 1. The Morgan fingerprint density at radius 3 is 2.24 bits per heavy atom. The molecule has 0 aliphatic rings. The van der Waals surface area contributed by atoms with Crippen molar-refractivity contribution in [1.82, 2.24) is 10.3 Å². The predicted octanol–water partition coefficient (Wildman–Crippen LogP) is 8.34. The second-order valence-corrected chi connectivity index (χ2v) is 13.7. The van der Waals surface area contributed by atoms with Gasteiger partial charge in [-0.1, -0.05) is 50.2 Å². The summed E-state index contributed by atoms with van der Waals surface area (Å²) < 4.78 is 5.18. The number of aliphatic carboxylic acids is 1. The summed E-state index contributed by atoms with van der Waals surface area (Å²) in [5, 5.41) is 15.1.